The summed E-state index contributed by atoms with van der Waals surface area (Å²) in [5, 5.41) is 0. The largest absolute Gasteiger partial charge is 1.00 e. The van der Waals surface area contributed by atoms with E-state index in [0.29, 0.717) is 19.4 Å². The molecule has 4 heteroatoms. The van der Waals surface area contributed by atoms with Crippen LogP contribution in [0, 0.1) is 0 Å². The molecule has 1 amide bonds. The molecule has 0 aromatic heterocycles. The van der Waals surface area contributed by atoms with Crippen LogP contribution >= 0.6 is 0 Å². The minimum Gasteiger partial charge on any atom is -1.00 e. The van der Waals surface area contributed by atoms with Gasteiger partial charge < -0.3 is 17.0 Å². The highest BCUT2D eigenvalue weighted by Gasteiger charge is 2.17. The molecule has 0 saturated heterocycles. The minimum absolute atomic E-state index is 0. The number of rotatable bonds is 26. The fraction of sp³-hybridized carbons (Fsp3) is 0.933. The van der Waals surface area contributed by atoms with Crippen molar-refractivity contribution in [1.29, 1.82) is 0 Å². The first-order chi connectivity index (χ1) is 16.1. The average Bonchev–Trinajstić information content (AvgIpc) is 2.80. The highest BCUT2D eigenvalue weighted by molar-refractivity contribution is 5.81. The number of hydrogen-bond donors (Lipinski definition) is 1. The second-order valence-corrected chi connectivity index (χ2v) is 10.5. The van der Waals surface area contributed by atoms with E-state index < -0.39 is 0 Å². The van der Waals surface area contributed by atoms with Crippen LogP contribution in [0.2, 0.25) is 0 Å². The van der Waals surface area contributed by atoms with E-state index in [1.807, 2.05) is 7.05 Å². The molecule has 1 unspecified atom stereocenters. The molecule has 0 radical (unpaired) electrons. The molecule has 0 rings (SSSR count). The molecular weight excluding hydrogens is 486 g/mol. The Morgan fingerprint density at radius 1 is 0.471 bits per heavy atom. The molecule has 0 bridgehead atoms. The molecule has 0 saturated carbocycles. The molecule has 34 heavy (non-hydrogen) atoms. The highest BCUT2D eigenvalue weighted by Crippen LogP contribution is 2.13. The van der Waals surface area contributed by atoms with Gasteiger partial charge in [0.1, 0.15) is 6.54 Å². The monoisotopic (exact) mass is 545 g/mol. The maximum absolute atomic E-state index is 12.3. The van der Waals surface area contributed by atoms with E-state index in [0.717, 1.165) is 30.6 Å². The van der Waals surface area contributed by atoms with Gasteiger partial charge in [-0.15, -0.1) is 0 Å². The van der Waals surface area contributed by atoms with Crippen molar-refractivity contribution in [3.05, 3.63) is 0 Å². The van der Waals surface area contributed by atoms with Gasteiger partial charge in [0.25, 0.3) is 0 Å². The van der Waals surface area contributed by atoms with Crippen molar-refractivity contribution in [3.63, 3.8) is 0 Å². The van der Waals surface area contributed by atoms with Gasteiger partial charge in [0.05, 0.1) is 13.5 Å². The molecule has 0 aliphatic rings. The third-order valence-corrected chi connectivity index (χ3v) is 7.00. The number of quaternary nitrogens is 1. The van der Waals surface area contributed by atoms with E-state index in [2.05, 4.69) is 13.8 Å². The molecule has 1 N–H and O–H groups in total. The summed E-state index contributed by atoms with van der Waals surface area (Å²) in [6.07, 6.45) is 29.9. The smallest absolute Gasteiger partial charge is 0.312 e. The van der Waals surface area contributed by atoms with Crippen molar-refractivity contribution in [2.75, 3.05) is 13.6 Å². The molecule has 1 atom stereocenters. The number of unbranched alkanes of at least 4 members (excludes halogenated alkanes) is 20. The zero-order valence-electron chi connectivity index (χ0n) is 23.4. The molecule has 0 aliphatic carbocycles. The van der Waals surface area contributed by atoms with Crippen molar-refractivity contribution >= 4 is 11.7 Å². The number of likely N-dealkylation sites (N-methyl/N-ethyl adjacent to an activating group) is 1. The number of hydrogen-bond acceptors (Lipinski definition) is 2. The Labute approximate surface area is 224 Å². The van der Waals surface area contributed by atoms with Gasteiger partial charge in [-0.3, -0.25) is 9.69 Å². The predicted octanol–water partition coefficient (Wildman–Crippen LogP) is 5.00. The Balaban J connectivity index is 0. The lowest BCUT2D eigenvalue weighted by atomic mass is 10.0. The zero-order chi connectivity index (χ0) is 24.4. The lowest BCUT2D eigenvalue weighted by Gasteiger charge is -2.11. The summed E-state index contributed by atoms with van der Waals surface area (Å²) in [7, 11) is 1.87. The normalized spacial score (nSPS) is 11.9. The maximum Gasteiger partial charge on any atom is 0.312 e. The number of ketones is 1. The number of Topliss-reactive ketones (excluding diaryl/α,β-unsaturated/α-hetero) is 1. The van der Waals surface area contributed by atoms with Gasteiger partial charge >= 0.3 is 5.91 Å². The predicted molar refractivity (Wildman–Crippen MR) is 144 cm³/mol. The van der Waals surface area contributed by atoms with E-state index in [1.54, 1.807) is 0 Å². The van der Waals surface area contributed by atoms with E-state index >= 15 is 0 Å². The molecule has 3 nitrogen and oxygen atoms in total. The van der Waals surface area contributed by atoms with Crippen LogP contribution < -0.4 is 21.9 Å². The van der Waals surface area contributed by atoms with Crippen molar-refractivity contribution in [1.82, 2.24) is 0 Å². The Kier molecular flexibility index (Phi) is 30.7. The lowest BCUT2D eigenvalue weighted by Crippen LogP contribution is -3.12. The van der Waals surface area contributed by atoms with Gasteiger partial charge in [0, 0.05) is 6.42 Å². The van der Waals surface area contributed by atoms with E-state index in [1.165, 1.54) is 116 Å². The van der Waals surface area contributed by atoms with Crippen LogP contribution in [0.25, 0.3) is 0 Å². The zero-order valence-corrected chi connectivity index (χ0v) is 25.0. The van der Waals surface area contributed by atoms with Crippen LogP contribution in [0.3, 0.4) is 0 Å². The SMILES string of the molecule is CCCCCCCCCCCCCC(=O)C[NH+](C)C(=O)CCCCCCCCCCCCC.[Br-]. The second kappa shape index (κ2) is 29.0. The highest BCUT2D eigenvalue weighted by atomic mass is 79.9. The molecule has 0 spiro atoms. The summed E-state index contributed by atoms with van der Waals surface area (Å²) < 4.78 is 0. The Bertz CT molecular complexity index is 442. The van der Waals surface area contributed by atoms with Gasteiger partial charge in [-0.2, -0.15) is 0 Å². The van der Waals surface area contributed by atoms with Crippen LogP contribution in [0.4, 0.5) is 0 Å². The van der Waals surface area contributed by atoms with Crippen LogP contribution in [0.15, 0.2) is 0 Å². The van der Waals surface area contributed by atoms with Crippen LogP contribution in [-0.2, 0) is 9.59 Å². The number of carbonyl (C=O) groups is 2. The molecular formula is C30H60BrNO2. The number of nitrogens with one attached hydrogen (secondary N) is 1. The van der Waals surface area contributed by atoms with E-state index in [4.69, 9.17) is 0 Å². The van der Waals surface area contributed by atoms with Crippen LogP contribution in [0.5, 0.6) is 0 Å². The second-order valence-electron chi connectivity index (χ2n) is 10.5. The fourth-order valence-electron chi connectivity index (χ4n) is 4.63. The number of halogens is 1. The van der Waals surface area contributed by atoms with E-state index in [9.17, 15) is 9.59 Å². The van der Waals surface area contributed by atoms with Gasteiger partial charge in [-0.1, -0.05) is 142 Å². The first-order valence-electron chi connectivity index (χ1n) is 15.0. The first-order valence-corrected chi connectivity index (χ1v) is 15.0. The topological polar surface area (TPSA) is 38.6 Å². The van der Waals surface area contributed by atoms with E-state index in [-0.39, 0.29) is 28.7 Å². The minimum atomic E-state index is 0. The first kappa shape index (κ1) is 35.9. The third-order valence-electron chi connectivity index (χ3n) is 7.00. The average molecular weight is 547 g/mol. The summed E-state index contributed by atoms with van der Waals surface area (Å²) in [6.45, 7) is 4.92. The molecule has 0 aliphatic heterocycles. The number of amides is 1. The molecule has 0 heterocycles. The Morgan fingerprint density at radius 2 is 0.765 bits per heavy atom. The Hall–Kier alpha value is -0.220. The molecule has 204 valence electrons. The summed E-state index contributed by atoms with van der Waals surface area (Å²) in [4.78, 5) is 25.3. The van der Waals surface area contributed by atoms with Gasteiger partial charge in [0.15, 0.2) is 5.78 Å². The van der Waals surface area contributed by atoms with Gasteiger partial charge in [-0.05, 0) is 12.8 Å². The Morgan fingerprint density at radius 3 is 1.12 bits per heavy atom. The third kappa shape index (κ3) is 26.4. The van der Waals surface area contributed by atoms with Crippen molar-refractivity contribution in [2.24, 2.45) is 0 Å². The van der Waals surface area contributed by atoms with Crippen LogP contribution in [0.1, 0.15) is 168 Å². The lowest BCUT2D eigenvalue weighted by molar-refractivity contribution is -0.789. The summed E-state index contributed by atoms with van der Waals surface area (Å²) in [5.74, 6) is 0.480. The maximum atomic E-state index is 12.3. The van der Waals surface area contributed by atoms with Crippen LogP contribution in [-0.4, -0.2) is 25.3 Å². The van der Waals surface area contributed by atoms with Gasteiger partial charge in [0.2, 0.25) is 0 Å². The van der Waals surface area contributed by atoms with Crippen molar-refractivity contribution in [3.8, 4) is 0 Å². The molecule has 0 fully saturated rings. The standard InChI is InChI=1S/C30H59NO2.BrH/c1-4-6-8-10-12-14-16-18-20-22-24-26-29(32)28-31(3)30(33)27-25-23-21-19-17-15-13-11-9-7-5-2;/h4-28H2,1-3H3;1H. The molecule has 0 aromatic rings. The van der Waals surface area contributed by atoms with Crippen molar-refractivity contribution < 1.29 is 31.5 Å². The number of carbonyl (C=O) groups excluding carboxylic acids is 2. The summed E-state index contributed by atoms with van der Waals surface area (Å²) >= 11 is 0. The molecule has 0 aromatic carbocycles. The van der Waals surface area contributed by atoms with Crippen molar-refractivity contribution in [2.45, 2.75) is 168 Å². The quantitative estimate of drug-likeness (QED) is 0.155. The summed E-state index contributed by atoms with van der Waals surface area (Å²) in [6, 6.07) is 0. The fourth-order valence-corrected chi connectivity index (χ4v) is 4.63. The summed E-state index contributed by atoms with van der Waals surface area (Å²) in [5.41, 5.74) is 0. The van der Waals surface area contributed by atoms with Gasteiger partial charge in [-0.25, -0.2) is 4.79 Å².